The van der Waals surface area contributed by atoms with Gasteiger partial charge in [-0.25, -0.2) is 4.99 Å². The van der Waals surface area contributed by atoms with Gasteiger partial charge in [-0.15, -0.1) is 0 Å². The molecule has 5 aromatic rings. The van der Waals surface area contributed by atoms with Crippen LogP contribution in [0.15, 0.2) is 125 Å². The van der Waals surface area contributed by atoms with Crippen LogP contribution in [0.25, 0.3) is 10.8 Å². The Hall–Kier alpha value is -2.77. The zero-order valence-electron chi connectivity index (χ0n) is 27.4. The van der Waals surface area contributed by atoms with Crippen LogP contribution in [0.4, 0.5) is 5.69 Å². The molecule has 0 fully saturated rings. The van der Waals surface area contributed by atoms with Crippen molar-refractivity contribution in [2.45, 2.75) is 59.8 Å². The summed E-state index contributed by atoms with van der Waals surface area (Å²) in [4.78, 5) is 10.9. The average Bonchev–Trinajstić information content (AvgIpc) is 3.33. The van der Waals surface area contributed by atoms with Crippen LogP contribution in [-0.2, 0) is 24.0 Å². The summed E-state index contributed by atoms with van der Waals surface area (Å²) in [6.45, 7) is 14.4. The molecule has 1 aliphatic carbocycles. The average molecular weight is 725 g/mol. The van der Waals surface area contributed by atoms with Gasteiger partial charge in [0.05, 0.1) is 48.3 Å². The third kappa shape index (κ3) is 8.64. The summed E-state index contributed by atoms with van der Waals surface area (Å²) in [5.41, 5.74) is 8.01. The van der Waals surface area contributed by atoms with E-state index in [9.17, 15) is 0 Å². The zero-order chi connectivity index (χ0) is 32.9. The SMILES string of the molecule is C.CC(C)(C)c1ccc(C(C)(C)C)c(N=C2C(=NCC[PH+](c3ccccc3)c3ccccc3)c3cccc4cccc2c34)c1.[Cl][Fe][Cl]. The number of halogens is 2. The first-order valence-electron chi connectivity index (χ1n) is 15.7. The fourth-order valence-corrected chi connectivity index (χ4v) is 8.56. The molecule has 47 heavy (non-hydrogen) atoms. The summed E-state index contributed by atoms with van der Waals surface area (Å²) >= 11 is 0.194. The number of aliphatic imine (C=N–C) groups is 2. The van der Waals surface area contributed by atoms with E-state index in [1.54, 1.807) is 0 Å². The molecule has 6 heteroatoms. The van der Waals surface area contributed by atoms with E-state index in [1.807, 2.05) is 0 Å². The predicted molar refractivity (Wildman–Crippen MR) is 209 cm³/mol. The molecule has 0 radical (unpaired) electrons. The van der Waals surface area contributed by atoms with Crippen molar-refractivity contribution >= 4 is 66.6 Å². The molecule has 0 saturated carbocycles. The molecule has 246 valence electrons. The van der Waals surface area contributed by atoms with Gasteiger partial charge in [0.1, 0.15) is 0 Å². The summed E-state index contributed by atoms with van der Waals surface area (Å²) in [5, 5.41) is 5.37. The summed E-state index contributed by atoms with van der Waals surface area (Å²) in [5.74, 6) is 0. The predicted octanol–water partition coefficient (Wildman–Crippen LogP) is 11.2. The van der Waals surface area contributed by atoms with Crippen molar-refractivity contribution < 1.29 is 13.1 Å². The van der Waals surface area contributed by atoms with Crippen LogP contribution in [0, 0.1) is 0 Å². The first-order valence-corrected chi connectivity index (χ1v) is 20.4. The molecule has 0 spiro atoms. The van der Waals surface area contributed by atoms with Crippen molar-refractivity contribution in [3.8, 4) is 0 Å². The number of nitrogens with zero attached hydrogens (tertiary/aromatic N) is 2. The van der Waals surface area contributed by atoms with E-state index in [4.69, 9.17) is 30.2 Å². The van der Waals surface area contributed by atoms with E-state index < -0.39 is 7.92 Å². The van der Waals surface area contributed by atoms with Crippen LogP contribution in [0.2, 0.25) is 0 Å². The molecule has 0 heterocycles. The van der Waals surface area contributed by atoms with Gasteiger partial charge in [-0.2, -0.15) is 0 Å². The normalized spacial score (nSPS) is 14.4. The molecular weight excluding hydrogens is 678 g/mol. The third-order valence-corrected chi connectivity index (χ3v) is 11.2. The fourth-order valence-electron chi connectivity index (χ4n) is 6.12. The minimum absolute atomic E-state index is 0. The van der Waals surface area contributed by atoms with Crippen LogP contribution < -0.4 is 10.6 Å². The van der Waals surface area contributed by atoms with Gasteiger partial charge < -0.3 is 0 Å². The van der Waals surface area contributed by atoms with Crippen LogP contribution in [0.3, 0.4) is 0 Å². The first kappa shape index (κ1) is 37.1. The Balaban J connectivity index is 0.00000120. The Labute approximate surface area is 298 Å². The third-order valence-electron chi connectivity index (χ3n) is 8.42. The fraction of sp³-hybridized carbons (Fsp3) is 0.268. The van der Waals surface area contributed by atoms with Crippen LogP contribution in [0.1, 0.15) is 71.2 Å². The molecule has 0 amide bonds. The molecular formula is C41H46Cl2FeN2P+. The summed E-state index contributed by atoms with van der Waals surface area (Å²) in [6, 6.07) is 42.0. The van der Waals surface area contributed by atoms with Crippen molar-refractivity contribution in [2.75, 3.05) is 12.7 Å². The van der Waals surface area contributed by atoms with Crippen molar-refractivity contribution in [3.63, 3.8) is 0 Å². The monoisotopic (exact) mass is 723 g/mol. The van der Waals surface area contributed by atoms with Gasteiger partial charge in [-0.05, 0) is 57.7 Å². The molecule has 0 N–H and O–H groups in total. The number of rotatable bonds is 6. The van der Waals surface area contributed by atoms with E-state index in [0.717, 1.165) is 29.8 Å². The molecule has 6 rings (SSSR count). The van der Waals surface area contributed by atoms with Crippen LogP contribution in [-0.4, -0.2) is 24.1 Å². The van der Waals surface area contributed by atoms with Crippen molar-refractivity contribution in [1.82, 2.24) is 0 Å². The van der Waals surface area contributed by atoms with E-state index >= 15 is 0 Å². The van der Waals surface area contributed by atoms with E-state index in [2.05, 4.69) is 157 Å². The molecule has 2 nitrogen and oxygen atoms in total. The van der Waals surface area contributed by atoms with Crippen LogP contribution in [0.5, 0.6) is 0 Å². The first-order chi connectivity index (χ1) is 22.0. The zero-order valence-corrected chi connectivity index (χ0v) is 31.0. The maximum absolute atomic E-state index is 5.53. The van der Waals surface area contributed by atoms with Gasteiger partial charge in [0.15, 0.2) is 0 Å². The molecule has 5 aromatic carbocycles. The van der Waals surface area contributed by atoms with Crippen LogP contribution >= 0.6 is 28.1 Å². The second kappa shape index (κ2) is 16.1. The molecule has 0 saturated heterocycles. The summed E-state index contributed by atoms with van der Waals surface area (Å²) < 4.78 is 0. The van der Waals surface area contributed by atoms with Gasteiger partial charge in [0.25, 0.3) is 0 Å². The topological polar surface area (TPSA) is 24.7 Å². The Kier molecular flexibility index (Phi) is 12.7. The van der Waals surface area contributed by atoms with Crippen molar-refractivity contribution in [1.29, 1.82) is 0 Å². The molecule has 0 aromatic heterocycles. The molecule has 0 aliphatic heterocycles. The second-order valence-electron chi connectivity index (χ2n) is 13.6. The molecule has 1 aliphatic rings. The van der Waals surface area contributed by atoms with Crippen molar-refractivity contribution in [3.05, 3.63) is 138 Å². The van der Waals surface area contributed by atoms with Gasteiger partial charge in [-0.3, -0.25) is 4.99 Å². The Morgan fingerprint density at radius 1 is 0.638 bits per heavy atom. The van der Waals surface area contributed by atoms with Gasteiger partial charge in [-0.1, -0.05) is 134 Å². The van der Waals surface area contributed by atoms with Gasteiger partial charge >= 0.3 is 33.3 Å². The Morgan fingerprint density at radius 2 is 1.17 bits per heavy atom. The molecule has 0 unspecified atom stereocenters. The summed E-state index contributed by atoms with van der Waals surface area (Å²) in [7, 11) is 8.55. The maximum atomic E-state index is 5.53. The minimum atomic E-state index is -0.979. The number of benzene rings is 5. The van der Waals surface area contributed by atoms with E-state index in [1.165, 1.54) is 43.6 Å². The van der Waals surface area contributed by atoms with E-state index in [-0.39, 0.29) is 31.4 Å². The van der Waals surface area contributed by atoms with Gasteiger partial charge in [0.2, 0.25) is 0 Å². The quantitative estimate of drug-likeness (QED) is 0.123. The Morgan fingerprint density at radius 3 is 1.68 bits per heavy atom. The number of hydrogen-bond donors (Lipinski definition) is 0. The van der Waals surface area contributed by atoms with Crippen molar-refractivity contribution in [2.24, 2.45) is 9.98 Å². The second-order valence-corrected chi connectivity index (χ2v) is 18.1. The standard InChI is InChI=1S/C40H41N2P.CH4.2ClH.Fe/c1-39(2,3)29-23-24-34(40(4,5)6)35(27-29)42-38-33-22-14-16-28-15-13-21-32(36(28)33)37(38)41-25-26-43(30-17-9-7-10-18-30)31-19-11-8-12-20-31;;;;/h7-24,27H,25-26H2,1-6H3;1H4;2*1H;/q;;;;+2/p-1. The van der Waals surface area contributed by atoms with E-state index in [0.29, 0.717) is 0 Å². The molecule has 0 bridgehead atoms. The van der Waals surface area contributed by atoms with Gasteiger partial charge in [0, 0.05) is 16.5 Å². The number of hydrogen-bond acceptors (Lipinski definition) is 2. The Bertz CT molecular complexity index is 1810. The molecule has 0 atom stereocenters. The summed E-state index contributed by atoms with van der Waals surface area (Å²) in [6.07, 6.45) is 1.02.